The lowest BCUT2D eigenvalue weighted by Gasteiger charge is -1.96. The smallest absolute Gasteiger partial charge is 0.206 e. The van der Waals surface area contributed by atoms with Crippen LogP contribution >= 0.6 is 23.1 Å². The molecular weight excluding hydrogens is 258 g/mol. The van der Waals surface area contributed by atoms with E-state index in [0.717, 1.165) is 27.4 Å². The average Bonchev–Trinajstić information content (AvgIpc) is 2.98. The summed E-state index contributed by atoms with van der Waals surface area (Å²) in [6.45, 7) is 0.832. The minimum Gasteiger partial charge on any atom is -0.467 e. The normalized spacial score (nSPS) is 10.6. The summed E-state index contributed by atoms with van der Waals surface area (Å²) in [6, 6.07) is 3.76. The number of anilines is 1. The molecule has 92 valence electrons. The van der Waals surface area contributed by atoms with E-state index in [2.05, 4.69) is 15.5 Å². The van der Waals surface area contributed by atoms with Crippen molar-refractivity contribution in [3.05, 3.63) is 24.2 Å². The summed E-state index contributed by atoms with van der Waals surface area (Å²) in [5.41, 5.74) is 0. The van der Waals surface area contributed by atoms with Gasteiger partial charge in [0, 0.05) is 12.4 Å². The molecule has 0 radical (unpaired) electrons. The van der Waals surface area contributed by atoms with Gasteiger partial charge < -0.3 is 14.8 Å². The highest BCUT2D eigenvalue weighted by Crippen LogP contribution is 2.26. The van der Waals surface area contributed by atoms with Crippen LogP contribution in [0.1, 0.15) is 12.2 Å². The Kier molecular flexibility index (Phi) is 4.84. The van der Waals surface area contributed by atoms with Crippen LogP contribution in [0.15, 0.2) is 27.2 Å². The van der Waals surface area contributed by atoms with Gasteiger partial charge in [0.15, 0.2) is 4.34 Å². The van der Waals surface area contributed by atoms with E-state index in [9.17, 15) is 0 Å². The molecule has 0 saturated carbocycles. The highest BCUT2D eigenvalue weighted by molar-refractivity contribution is 8.01. The van der Waals surface area contributed by atoms with E-state index in [4.69, 9.17) is 9.52 Å². The number of aromatic nitrogens is 2. The van der Waals surface area contributed by atoms with Crippen molar-refractivity contribution in [3.8, 4) is 0 Å². The van der Waals surface area contributed by atoms with Crippen molar-refractivity contribution in [1.29, 1.82) is 0 Å². The molecule has 2 N–H and O–H groups in total. The second-order valence-corrected chi connectivity index (χ2v) is 5.55. The third-order valence-corrected chi connectivity index (χ3v) is 4.03. The summed E-state index contributed by atoms with van der Waals surface area (Å²) in [5.74, 6) is 1.73. The van der Waals surface area contributed by atoms with Gasteiger partial charge in [-0.15, -0.1) is 10.2 Å². The fourth-order valence-electron chi connectivity index (χ4n) is 1.14. The van der Waals surface area contributed by atoms with Crippen molar-refractivity contribution in [2.45, 2.75) is 17.3 Å². The quantitative estimate of drug-likeness (QED) is 0.594. The maximum atomic E-state index is 8.67. The molecule has 0 aliphatic rings. The number of aliphatic hydroxyl groups is 1. The third-order valence-electron chi connectivity index (χ3n) is 1.93. The summed E-state index contributed by atoms with van der Waals surface area (Å²) in [6.07, 6.45) is 2.42. The first-order valence-electron chi connectivity index (χ1n) is 5.22. The van der Waals surface area contributed by atoms with E-state index in [-0.39, 0.29) is 6.61 Å². The van der Waals surface area contributed by atoms with Crippen LogP contribution in [-0.2, 0) is 6.54 Å². The molecule has 0 fully saturated rings. The molecule has 2 rings (SSSR count). The van der Waals surface area contributed by atoms with Crippen LogP contribution < -0.4 is 5.32 Å². The predicted octanol–water partition coefficient (Wildman–Crippen LogP) is 2.22. The van der Waals surface area contributed by atoms with Crippen LogP contribution in [0, 0.1) is 0 Å². The Morgan fingerprint density at radius 1 is 1.47 bits per heavy atom. The fraction of sp³-hybridized carbons (Fsp3) is 0.400. The van der Waals surface area contributed by atoms with Crippen molar-refractivity contribution < 1.29 is 9.52 Å². The summed E-state index contributed by atoms with van der Waals surface area (Å²) < 4.78 is 6.12. The van der Waals surface area contributed by atoms with Gasteiger partial charge in [0.05, 0.1) is 12.8 Å². The molecule has 7 heteroatoms. The summed E-state index contributed by atoms with van der Waals surface area (Å²) in [7, 11) is 0. The molecule has 0 amide bonds. The molecule has 0 bridgehead atoms. The van der Waals surface area contributed by atoms with Gasteiger partial charge in [-0.1, -0.05) is 23.1 Å². The monoisotopic (exact) mass is 271 g/mol. The molecule has 2 heterocycles. The Morgan fingerprint density at radius 2 is 2.41 bits per heavy atom. The molecule has 2 aromatic rings. The average molecular weight is 271 g/mol. The number of thioether (sulfide) groups is 1. The van der Waals surface area contributed by atoms with Crippen LogP contribution in [0.25, 0.3) is 0 Å². The molecule has 0 aliphatic carbocycles. The summed E-state index contributed by atoms with van der Waals surface area (Å²) >= 11 is 3.12. The molecule has 17 heavy (non-hydrogen) atoms. The fourth-order valence-corrected chi connectivity index (χ4v) is 2.88. The van der Waals surface area contributed by atoms with Gasteiger partial charge in [0.25, 0.3) is 0 Å². The highest BCUT2D eigenvalue weighted by Gasteiger charge is 2.04. The third kappa shape index (κ3) is 4.03. The van der Waals surface area contributed by atoms with Gasteiger partial charge in [0.2, 0.25) is 5.13 Å². The number of nitrogens with zero attached hydrogens (tertiary/aromatic N) is 2. The standard InChI is InChI=1S/C10H13N3O2S2/c14-4-2-6-16-10-13-12-9(17-10)11-7-8-3-1-5-15-8/h1,3,5,14H,2,4,6-7H2,(H,11,12). The highest BCUT2D eigenvalue weighted by atomic mass is 32.2. The van der Waals surface area contributed by atoms with Crippen LogP contribution in [0.3, 0.4) is 0 Å². The molecule has 2 aromatic heterocycles. The van der Waals surface area contributed by atoms with Crippen LogP contribution in [0.5, 0.6) is 0 Å². The maximum absolute atomic E-state index is 8.67. The van der Waals surface area contributed by atoms with Crippen molar-refractivity contribution in [3.63, 3.8) is 0 Å². The predicted molar refractivity (Wildman–Crippen MR) is 68.4 cm³/mol. The van der Waals surface area contributed by atoms with E-state index in [0.29, 0.717) is 6.54 Å². The Morgan fingerprint density at radius 3 is 3.18 bits per heavy atom. The van der Waals surface area contributed by atoms with Gasteiger partial charge in [0.1, 0.15) is 5.76 Å². The summed E-state index contributed by atoms with van der Waals surface area (Å²) in [4.78, 5) is 0. The Balaban J connectivity index is 1.77. The Hall–Kier alpha value is -1.05. The number of aliphatic hydroxyl groups excluding tert-OH is 1. The lowest BCUT2D eigenvalue weighted by molar-refractivity contribution is 0.296. The van der Waals surface area contributed by atoms with Crippen molar-refractivity contribution in [2.75, 3.05) is 17.7 Å². The zero-order valence-corrected chi connectivity index (χ0v) is 10.8. The minimum absolute atomic E-state index is 0.218. The van der Waals surface area contributed by atoms with E-state index < -0.39 is 0 Å². The molecular formula is C10H13N3O2S2. The van der Waals surface area contributed by atoms with E-state index >= 15 is 0 Å². The van der Waals surface area contributed by atoms with Crippen molar-refractivity contribution >= 4 is 28.2 Å². The number of furan rings is 1. The van der Waals surface area contributed by atoms with Crippen molar-refractivity contribution in [2.24, 2.45) is 0 Å². The molecule has 0 aliphatic heterocycles. The number of nitrogens with one attached hydrogen (secondary N) is 1. The van der Waals surface area contributed by atoms with Gasteiger partial charge in [-0.25, -0.2) is 0 Å². The first-order valence-corrected chi connectivity index (χ1v) is 7.02. The number of hydrogen-bond acceptors (Lipinski definition) is 7. The van der Waals surface area contributed by atoms with Crippen LogP contribution in [0.2, 0.25) is 0 Å². The topological polar surface area (TPSA) is 71.2 Å². The molecule has 0 saturated heterocycles. The van der Waals surface area contributed by atoms with Crippen LogP contribution in [-0.4, -0.2) is 27.7 Å². The molecule has 0 unspecified atom stereocenters. The minimum atomic E-state index is 0.218. The van der Waals surface area contributed by atoms with Crippen molar-refractivity contribution in [1.82, 2.24) is 10.2 Å². The second kappa shape index (κ2) is 6.63. The Labute approximate surface area is 107 Å². The SMILES string of the molecule is OCCCSc1nnc(NCc2ccco2)s1. The zero-order valence-electron chi connectivity index (χ0n) is 9.13. The molecule has 0 spiro atoms. The van der Waals surface area contributed by atoms with Gasteiger partial charge in [-0.05, 0) is 18.6 Å². The zero-order chi connectivity index (χ0) is 11.9. The lowest BCUT2D eigenvalue weighted by atomic mass is 10.4. The van der Waals surface area contributed by atoms with Gasteiger partial charge >= 0.3 is 0 Å². The van der Waals surface area contributed by atoms with E-state index in [1.54, 1.807) is 18.0 Å². The second-order valence-electron chi connectivity index (χ2n) is 3.23. The van der Waals surface area contributed by atoms with Gasteiger partial charge in [-0.2, -0.15) is 0 Å². The lowest BCUT2D eigenvalue weighted by Crippen LogP contribution is -1.96. The van der Waals surface area contributed by atoms with E-state index in [1.165, 1.54) is 11.3 Å². The largest absolute Gasteiger partial charge is 0.467 e. The first kappa shape index (κ1) is 12.4. The molecule has 0 atom stereocenters. The molecule has 0 aromatic carbocycles. The van der Waals surface area contributed by atoms with E-state index in [1.807, 2.05) is 12.1 Å². The summed E-state index contributed by atoms with van der Waals surface area (Å²) in [5, 5.41) is 20.7. The first-order chi connectivity index (χ1) is 8.38. The number of rotatable bonds is 7. The van der Waals surface area contributed by atoms with Gasteiger partial charge in [-0.3, -0.25) is 0 Å². The maximum Gasteiger partial charge on any atom is 0.206 e. The molecule has 5 nitrogen and oxygen atoms in total. The van der Waals surface area contributed by atoms with Crippen LogP contribution in [0.4, 0.5) is 5.13 Å². The number of hydrogen-bond donors (Lipinski definition) is 2. The Bertz CT molecular complexity index is 430.